The second kappa shape index (κ2) is 5.18. The molecule has 0 aromatic heterocycles. The molecule has 1 atom stereocenters. The van der Waals surface area contributed by atoms with Crippen LogP contribution in [0.2, 0.25) is 36.9 Å². The predicted molar refractivity (Wildman–Crippen MR) is 77.2 cm³/mol. The fourth-order valence-corrected chi connectivity index (χ4v) is 13.3. The standard InChI is InChI=1S/C13H30Si2/c1-13(14(2)3)11-9-7-6-8-10-12-15(13,4)5/h14H,6-12H2,1-5H3. The molecule has 0 aromatic carbocycles. The monoisotopic (exact) mass is 242 g/mol. The van der Waals surface area contributed by atoms with Crippen LogP contribution in [0.25, 0.3) is 0 Å². The van der Waals surface area contributed by atoms with E-state index >= 15 is 0 Å². The molecule has 0 amide bonds. The summed E-state index contributed by atoms with van der Waals surface area (Å²) in [4.78, 5) is 0. The van der Waals surface area contributed by atoms with Crippen LogP contribution in [0.3, 0.4) is 0 Å². The van der Waals surface area contributed by atoms with Gasteiger partial charge in [-0.25, -0.2) is 0 Å². The predicted octanol–water partition coefficient (Wildman–Crippen LogP) is 4.84. The summed E-state index contributed by atoms with van der Waals surface area (Å²) in [6.07, 6.45) is 9.09. The second-order valence-electron chi connectivity index (χ2n) is 6.72. The summed E-state index contributed by atoms with van der Waals surface area (Å²) in [5.41, 5.74) is 0. The van der Waals surface area contributed by atoms with E-state index in [0.717, 1.165) is 4.66 Å². The van der Waals surface area contributed by atoms with E-state index in [1.165, 1.54) is 32.1 Å². The zero-order chi connectivity index (χ0) is 11.5. The van der Waals surface area contributed by atoms with Crippen LogP contribution in [0.15, 0.2) is 0 Å². The van der Waals surface area contributed by atoms with Gasteiger partial charge in [-0.3, -0.25) is 0 Å². The number of hydrogen-bond acceptors (Lipinski definition) is 0. The molecule has 0 nitrogen and oxygen atoms in total. The molecule has 0 aromatic rings. The average molecular weight is 243 g/mol. The molecule has 0 radical (unpaired) electrons. The zero-order valence-electron chi connectivity index (χ0n) is 11.5. The van der Waals surface area contributed by atoms with E-state index in [2.05, 4.69) is 33.1 Å². The van der Waals surface area contributed by atoms with Crippen LogP contribution >= 0.6 is 0 Å². The van der Waals surface area contributed by atoms with Crippen LogP contribution in [0.1, 0.15) is 45.4 Å². The van der Waals surface area contributed by atoms with Gasteiger partial charge in [0.2, 0.25) is 0 Å². The molecule has 1 heterocycles. The molecule has 1 saturated heterocycles. The van der Waals surface area contributed by atoms with Gasteiger partial charge in [-0.1, -0.05) is 77.7 Å². The second-order valence-corrected chi connectivity index (χ2v) is 16.3. The summed E-state index contributed by atoms with van der Waals surface area (Å²) in [5, 5.41) is 0. The van der Waals surface area contributed by atoms with Crippen LogP contribution < -0.4 is 0 Å². The lowest BCUT2D eigenvalue weighted by Crippen LogP contribution is -2.47. The van der Waals surface area contributed by atoms with Crippen molar-refractivity contribution in [3.8, 4) is 0 Å². The van der Waals surface area contributed by atoms with Gasteiger partial charge < -0.3 is 0 Å². The first-order valence-electron chi connectivity index (χ1n) is 6.90. The van der Waals surface area contributed by atoms with Crippen molar-refractivity contribution in [2.24, 2.45) is 0 Å². The van der Waals surface area contributed by atoms with Crippen molar-refractivity contribution in [3.63, 3.8) is 0 Å². The van der Waals surface area contributed by atoms with Gasteiger partial charge in [-0.05, 0) is 4.66 Å². The van der Waals surface area contributed by atoms with Crippen molar-refractivity contribution >= 4 is 16.9 Å². The van der Waals surface area contributed by atoms with Gasteiger partial charge >= 0.3 is 0 Å². The number of rotatable bonds is 1. The highest BCUT2D eigenvalue weighted by atomic mass is 28.4. The van der Waals surface area contributed by atoms with E-state index in [-0.39, 0.29) is 0 Å². The van der Waals surface area contributed by atoms with E-state index in [1.54, 1.807) is 12.5 Å². The van der Waals surface area contributed by atoms with Crippen LogP contribution in [0.5, 0.6) is 0 Å². The molecule has 90 valence electrons. The van der Waals surface area contributed by atoms with E-state index in [9.17, 15) is 0 Å². The Bertz CT molecular complexity index is 199. The summed E-state index contributed by atoms with van der Waals surface area (Å²) in [5.74, 6) is 0. The van der Waals surface area contributed by atoms with Crippen molar-refractivity contribution in [1.82, 2.24) is 0 Å². The Morgan fingerprint density at radius 3 is 2.07 bits per heavy atom. The maximum atomic E-state index is 2.67. The lowest BCUT2D eigenvalue weighted by Gasteiger charge is -2.46. The van der Waals surface area contributed by atoms with Gasteiger partial charge in [0.05, 0.1) is 8.07 Å². The van der Waals surface area contributed by atoms with Crippen molar-refractivity contribution in [1.29, 1.82) is 0 Å². The average Bonchev–Trinajstić information content (AvgIpc) is 2.19. The van der Waals surface area contributed by atoms with Crippen LogP contribution in [0, 0.1) is 0 Å². The highest BCUT2D eigenvalue weighted by molar-refractivity contribution is 6.92. The van der Waals surface area contributed by atoms with Crippen molar-refractivity contribution < 1.29 is 0 Å². The van der Waals surface area contributed by atoms with Crippen molar-refractivity contribution in [2.45, 2.75) is 82.3 Å². The highest BCUT2D eigenvalue weighted by Gasteiger charge is 2.44. The Hall–Kier alpha value is 0.434. The fourth-order valence-electron chi connectivity index (χ4n) is 3.28. The molecular formula is C13H30Si2. The first kappa shape index (κ1) is 13.5. The van der Waals surface area contributed by atoms with Crippen LogP contribution in [-0.2, 0) is 0 Å². The molecule has 0 aliphatic carbocycles. The van der Waals surface area contributed by atoms with E-state index < -0.39 is 16.9 Å². The van der Waals surface area contributed by atoms with E-state index in [1.807, 2.05) is 0 Å². The first-order valence-corrected chi connectivity index (χ1v) is 13.0. The maximum Gasteiger partial charge on any atom is 0.0504 e. The third-order valence-electron chi connectivity index (χ3n) is 5.32. The molecule has 1 aliphatic heterocycles. The summed E-state index contributed by atoms with van der Waals surface area (Å²) in [7, 11) is -1.46. The molecule has 0 saturated carbocycles. The Labute approximate surface area is 99.5 Å². The Morgan fingerprint density at radius 1 is 0.933 bits per heavy atom. The maximum absolute atomic E-state index is 2.67. The van der Waals surface area contributed by atoms with Crippen molar-refractivity contribution in [2.75, 3.05) is 0 Å². The van der Waals surface area contributed by atoms with Crippen LogP contribution in [-0.4, -0.2) is 16.9 Å². The lowest BCUT2D eigenvalue weighted by molar-refractivity contribution is 0.588. The molecule has 0 bridgehead atoms. The number of hydrogen-bond donors (Lipinski definition) is 0. The van der Waals surface area contributed by atoms with Gasteiger partial charge in [-0.2, -0.15) is 0 Å². The molecule has 1 rings (SSSR count). The smallest absolute Gasteiger partial charge is 0.0504 e. The highest BCUT2D eigenvalue weighted by Crippen LogP contribution is 2.48. The third kappa shape index (κ3) is 2.96. The summed E-state index contributed by atoms with van der Waals surface area (Å²) in [6, 6.07) is 1.59. The Kier molecular flexibility index (Phi) is 4.66. The molecule has 1 unspecified atom stereocenters. The lowest BCUT2D eigenvalue weighted by atomic mass is 10.1. The molecule has 2 heteroatoms. The molecule has 0 spiro atoms. The fraction of sp³-hybridized carbons (Fsp3) is 1.00. The normalized spacial score (nSPS) is 33.2. The van der Waals surface area contributed by atoms with Gasteiger partial charge in [-0.15, -0.1) is 0 Å². The Morgan fingerprint density at radius 2 is 1.47 bits per heavy atom. The summed E-state index contributed by atoms with van der Waals surface area (Å²) >= 11 is 0. The van der Waals surface area contributed by atoms with Crippen LogP contribution in [0.4, 0.5) is 0 Å². The minimum Gasteiger partial charge on any atom is -0.0720 e. The largest absolute Gasteiger partial charge is 0.0720 e. The minimum atomic E-state index is -0.960. The Balaban J connectivity index is 2.84. The molecule has 15 heavy (non-hydrogen) atoms. The summed E-state index contributed by atoms with van der Waals surface area (Å²) in [6.45, 7) is 13.2. The molecule has 0 N–H and O–H groups in total. The van der Waals surface area contributed by atoms with Gasteiger partial charge in [0.15, 0.2) is 0 Å². The molecule has 1 aliphatic rings. The van der Waals surface area contributed by atoms with Gasteiger partial charge in [0.1, 0.15) is 0 Å². The van der Waals surface area contributed by atoms with Crippen molar-refractivity contribution in [3.05, 3.63) is 0 Å². The SMILES string of the molecule is C[SiH](C)C1(C)CCCCCCC[Si]1(C)C. The quantitative estimate of drug-likeness (QED) is 0.578. The van der Waals surface area contributed by atoms with Gasteiger partial charge in [0.25, 0.3) is 0 Å². The minimum absolute atomic E-state index is 0.499. The van der Waals surface area contributed by atoms with E-state index in [0.29, 0.717) is 0 Å². The topological polar surface area (TPSA) is 0 Å². The molecular weight excluding hydrogens is 212 g/mol. The summed E-state index contributed by atoms with van der Waals surface area (Å²) < 4.78 is 0.817. The van der Waals surface area contributed by atoms with E-state index in [4.69, 9.17) is 0 Å². The molecule has 1 fully saturated rings. The van der Waals surface area contributed by atoms with Gasteiger partial charge in [0, 0.05) is 8.80 Å². The third-order valence-corrected chi connectivity index (χ3v) is 17.2. The zero-order valence-corrected chi connectivity index (χ0v) is 13.7. The first-order chi connectivity index (χ1) is 6.90.